The summed E-state index contributed by atoms with van der Waals surface area (Å²) >= 11 is 3.63. The molecule has 19 heavy (non-hydrogen) atoms. The second-order valence-corrected chi connectivity index (χ2v) is 5.94. The molecule has 0 spiro atoms. The zero-order valence-corrected chi connectivity index (χ0v) is 14.0. The van der Waals surface area contributed by atoms with Gasteiger partial charge in [-0.1, -0.05) is 6.92 Å². The molecule has 0 aliphatic heterocycles. The molecule has 1 unspecified atom stereocenters. The van der Waals surface area contributed by atoms with Crippen molar-refractivity contribution in [2.24, 2.45) is 12.9 Å². The Kier molecular flexibility index (Phi) is 5.98. The lowest BCUT2D eigenvalue weighted by Gasteiger charge is -2.33. The summed E-state index contributed by atoms with van der Waals surface area (Å²) in [4.78, 5) is 0. The number of aromatic nitrogens is 2. The summed E-state index contributed by atoms with van der Waals surface area (Å²) in [6.07, 6.45) is 1.66. The Bertz CT molecular complexity index is 417. The van der Waals surface area contributed by atoms with E-state index in [9.17, 15) is 0 Å². The third kappa shape index (κ3) is 3.78. The van der Waals surface area contributed by atoms with Crippen molar-refractivity contribution in [3.63, 3.8) is 0 Å². The van der Waals surface area contributed by atoms with Crippen LogP contribution in [0.4, 0.5) is 0 Å². The molecule has 0 amide bonds. The molecule has 1 aromatic heterocycles. The van der Waals surface area contributed by atoms with Gasteiger partial charge in [0.15, 0.2) is 0 Å². The van der Waals surface area contributed by atoms with Gasteiger partial charge in [-0.3, -0.25) is 16.0 Å². The second-order valence-electron chi connectivity index (χ2n) is 5.14. The van der Waals surface area contributed by atoms with Gasteiger partial charge in [0.25, 0.3) is 0 Å². The number of ether oxygens (including phenoxy) is 1. The average molecular weight is 333 g/mol. The van der Waals surface area contributed by atoms with E-state index in [1.54, 1.807) is 0 Å². The minimum absolute atomic E-state index is 0.0175. The van der Waals surface area contributed by atoms with Crippen LogP contribution in [0.2, 0.25) is 0 Å². The van der Waals surface area contributed by atoms with Gasteiger partial charge in [-0.05, 0) is 43.1 Å². The molecule has 1 atom stereocenters. The highest BCUT2D eigenvalue weighted by atomic mass is 79.9. The molecule has 0 saturated heterocycles. The van der Waals surface area contributed by atoms with Crippen LogP contribution in [-0.2, 0) is 24.6 Å². The van der Waals surface area contributed by atoms with Gasteiger partial charge in [0, 0.05) is 20.1 Å². The lowest BCUT2D eigenvalue weighted by atomic mass is 9.94. The third-order valence-corrected chi connectivity index (χ3v) is 4.37. The Hall–Kier alpha value is -0.430. The summed E-state index contributed by atoms with van der Waals surface area (Å²) in [5, 5.41) is 4.50. The molecule has 1 heterocycles. The first kappa shape index (κ1) is 16.6. The van der Waals surface area contributed by atoms with Gasteiger partial charge in [-0.2, -0.15) is 5.10 Å². The number of aryl methyl sites for hydroxylation is 2. The Morgan fingerprint density at radius 1 is 1.47 bits per heavy atom. The Labute approximate surface area is 124 Å². The summed E-state index contributed by atoms with van der Waals surface area (Å²) in [6.45, 7) is 8.85. The number of rotatable bonds is 7. The maximum atomic E-state index is 5.78. The largest absolute Gasteiger partial charge is 0.374 e. The third-order valence-electron chi connectivity index (χ3n) is 3.46. The Balaban J connectivity index is 2.96. The molecule has 0 saturated carbocycles. The monoisotopic (exact) mass is 332 g/mol. The average Bonchev–Trinajstić information content (AvgIpc) is 2.61. The van der Waals surface area contributed by atoms with Crippen molar-refractivity contribution in [1.29, 1.82) is 0 Å². The lowest BCUT2D eigenvalue weighted by molar-refractivity contribution is -0.0384. The summed E-state index contributed by atoms with van der Waals surface area (Å²) in [5.74, 6) is 5.70. The molecule has 0 aliphatic rings. The van der Waals surface area contributed by atoms with Crippen LogP contribution in [0.25, 0.3) is 0 Å². The molecule has 0 bridgehead atoms. The molecule has 5 nitrogen and oxygen atoms in total. The zero-order chi connectivity index (χ0) is 14.6. The number of nitrogens with one attached hydrogen (secondary N) is 1. The van der Waals surface area contributed by atoms with Gasteiger partial charge in [-0.15, -0.1) is 0 Å². The van der Waals surface area contributed by atoms with E-state index in [-0.39, 0.29) is 11.6 Å². The fourth-order valence-corrected chi connectivity index (χ4v) is 2.99. The van der Waals surface area contributed by atoms with E-state index in [0.717, 1.165) is 28.7 Å². The Morgan fingerprint density at radius 3 is 2.53 bits per heavy atom. The van der Waals surface area contributed by atoms with E-state index in [1.807, 2.05) is 32.5 Å². The van der Waals surface area contributed by atoms with Crippen LogP contribution in [0.3, 0.4) is 0 Å². The number of hydrogen-bond donors (Lipinski definition) is 2. The van der Waals surface area contributed by atoms with Gasteiger partial charge in [0.1, 0.15) is 0 Å². The quantitative estimate of drug-likeness (QED) is 0.591. The van der Waals surface area contributed by atoms with Crippen LogP contribution >= 0.6 is 15.9 Å². The first-order valence-corrected chi connectivity index (χ1v) is 7.46. The van der Waals surface area contributed by atoms with Crippen molar-refractivity contribution >= 4 is 15.9 Å². The number of halogens is 1. The number of hydrazine groups is 1. The zero-order valence-electron chi connectivity index (χ0n) is 12.5. The predicted molar refractivity (Wildman–Crippen MR) is 80.8 cm³/mol. The van der Waals surface area contributed by atoms with Gasteiger partial charge >= 0.3 is 0 Å². The van der Waals surface area contributed by atoms with Crippen molar-refractivity contribution in [1.82, 2.24) is 15.2 Å². The maximum absolute atomic E-state index is 5.78. The summed E-state index contributed by atoms with van der Waals surface area (Å²) in [7, 11) is 1.96. The second kappa shape index (κ2) is 6.83. The van der Waals surface area contributed by atoms with E-state index in [4.69, 9.17) is 10.6 Å². The highest BCUT2D eigenvalue weighted by molar-refractivity contribution is 9.10. The minimum atomic E-state index is -0.334. The molecule has 0 aliphatic carbocycles. The van der Waals surface area contributed by atoms with E-state index in [2.05, 4.69) is 33.4 Å². The topological polar surface area (TPSA) is 65.1 Å². The summed E-state index contributed by atoms with van der Waals surface area (Å²) in [6, 6.07) is 0.0175. The van der Waals surface area contributed by atoms with Crippen LogP contribution in [0, 0.1) is 0 Å². The van der Waals surface area contributed by atoms with Crippen LogP contribution in [0.15, 0.2) is 4.47 Å². The molecule has 0 radical (unpaired) electrons. The van der Waals surface area contributed by atoms with E-state index >= 15 is 0 Å². The molecular formula is C13H25BrN4O. The fraction of sp³-hybridized carbons (Fsp3) is 0.769. The summed E-state index contributed by atoms with van der Waals surface area (Å²) < 4.78 is 8.77. The standard InChI is InChI=1S/C13H25BrN4O/c1-6-9-12(14)10(18(5)17-9)8-11(16-15)13(3,4)19-7-2/h11,16H,6-8,15H2,1-5H3. The van der Waals surface area contributed by atoms with Crippen LogP contribution in [0.1, 0.15) is 39.1 Å². The SMILES string of the molecule is CCOC(C)(C)C(Cc1c(Br)c(CC)nn1C)NN. The van der Waals surface area contributed by atoms with Gasteiger partial charge in [0.2, 0.25) is 0 Å². The van der Waals surface area contributed by atoms with Crippen molar-refractivity contribution in [2.75, 3.05) is 6.61 Å². The highest BCUT2D eigenvalue weighted by Gasteiger charge is 2.31. The first-order chi connectivity index (χ1) is 8.87. The molecule has 0 aromatic carbocycles. The number of nitrogens with zero attached hydrogens (tertiary/aromatic N) is 2. The van der Waals surface area contributed by atoms with Crippen molar-refractivity contribution in [2.45, 2.75) is 52.2 Å². The molecule has 110 valence electrons. The van der Waals surface area contributed by atoms with Crippen LogP contribution in [0.5, 0.6) is 0 Å². The van der Waals surface area contributed by atoms with Crippen molar-refractivity contribution in [3.05, 3.63) is 15.9 Å². The highest BCUT2D eigenvalue weighted by Crippen LogP contribution is 2.26. The molecule has 6 heteroatoms. The molecule has 0 fully saturated rings. The molecule has 1 rings (SSSR count). The summed E-state index contributed by atoms with van der Waals surface area (Å²) in [5.41, 5.74) is 4.74. The first-order valence-electron chi connectivity index (χ1n) is 6.67. The van der Waals surface area contributed by atoms with Gasteiger partial charge < -0.3 is 4.74 Å². The molecule has 1 aromatic rings. The van der Waals surface area contributed by atoms with Gasteiger partial charge in [0.05, 0.1) is 27.5 Å². The smallest absolute Gasteiger partial charge is 0.0795 e. The minimum Gasteiger partial charge on any atom is -0.374 e. The van der Waals surface area contributed by atoms with E-state index in [0.29, 0.717) is 6.61 Å². The molecular weight excluding hydrogens is 308 g/mol. The van der Waals surface area contributed by atoms with Crippen LogP contribution in [-0.4, -0.2) is 28.0 Å². The maximum Gasteiger partial charge on any atom is 0.0795 e. The Morgan fingerprint density at radius 2 is 2.11 bits per heavy atom. The number of hydrogen-bond acceptors (Lipinski definition) is 4. The van der Waals surface area contributed by atoms with Crippen LogP contribution < -0.4 is 11.3 Å². The number of nitrogens with two attached hydrogens (primary N) is 1. The van der Waals surface area contributed by atoms with Gasteiger partial charge in [-0.25, -0.2) is 0 Å². The van der Waals surface area contributed by atoms with Crippen molar-refractivity contribution in [3.8, 4) is 0 Å². The van der Waals surface area contributed by atoms with E-state index in [1.165, 1.54) is 0 Å². The predicted octanol–water partition coefficient (Wildman–Crippen LogP) is 1.93. The normalized spacial score (nSPS) is 13.8. The molecule has 3 N–H and O–H groups in total. The fourth-order valence-electron chi connectivity index (χ4n) is 2.21. The van der Waals surface area contributed by atoms with E-state index < -0.39 is 0 Å². The van der Waals surface area contributed by atoms with Crippen molar-refractivity contribution < 1.29 is 4.74 Å². The lowest BCUT2D eigenvalue weighted by Crippen LogP contribution is -2.53.